The van der Waals surface area contributed by atoms with E-state index in [0.29, 0.717) is 35.8 Å². The molecule has 5 heterocycles. The van der Waals surface area contributed by atoms with Crippen LogP contribution >= 0.6 is 11.6 Å². The number of pyridine rings is 1. The van der Waals surface area contributed by atoms with Crippen LogP contribution in [0.2, 0.25) is 5.15 Å². The molecule has 0 bridgehead atoms. The predicted octanol–water partition coefficient (Wildman–Crippen LogP) is 3.93. The molecule has 2 aromatic rings. The molecule has 0 unspecified atom stereocenters. The quantitative estimate of drug-likeness (QED) is 0.698. The van der Waals surface area contributed by atoms with Crippen molar-refractivity contribution in [3.63, 3.8) is 0 Å². The largest absolute Gasteiger partial charge is 0.475 e. The van der Waals surface area contributed by atoms with Crippen LogP contribution in [-0.4, -0.2) is 65.3 Å². The van der Waals surface area contributed by atoms with Gasteiger partial charge in [-0.25, -0.2) is 4.98 Å². The van der Waals surface area contributed by atoms with Crippen molar-refractivity contribution in [2.75, 3.05) is 44.8 Å². The zero-order chi connectivity index (χ0) is 20.4. The molecule has 2 saturated heterocycles. The molecule has 0 atom stereocenters. The van der Waals surface area contributed by atoms with Gasteiger partial charge in [-0.15, -0.1) is 0 Å². The first-order valence-corrected chi connectivity index (χ1v) is 11.0. The molecule has 2 fully saturated rings. The van der Waals surface area contributed by atoms with Gasteiger partial charge in [-0.05, 0) is 38.8 Å². The minimum absolute atomic E-state index is 0.169. The summed E-state index contributed by atoms with van der Waals surface area (Å²) in [6.45, 7) is 8.50. The van der Waals surface area contributed by atoms with Crippen molar-refractivity contribution >= 4 is 28.3 Å². The summed E-state index contributed by atoms with van der Waals surface area (Å²) in [6.07, 6.45) is 6.14. The minimum Gasteiger partial charge on any atom is -0.475 e. The van der Waals surface area contributed by atoms with E-state index in [2.05, 4.69) is 38.6 Å². The number of nitrogens with zero attached hydrogens (tertiary/aromatic N) is 5. The lowest BCUT2D eigenvalue weighted by Crippen LogP contribution is -2.43. The highest BCUT2D eigenvalue weighted by molar-refractivity contribution is 6.30. The standard InChI is InChI=1S/C18H22ClN5O2.C3H8/c1-23-8-9-25-16-14-12(10-13(19)21-16)20-17(22-15(14)23)26-11-18-4-2-6-24(18)7-3-5-18;1-3-2/h10H,2-9,11H2,1H3;3H2,1-2H3. The number of rotatable bonds is 3. The molecule has 0 aromatic carbocycles. The lowest BCUT2D eigenvalue weighted by molar-refractivity contribution is 0.108. The maximum absolute atomic E-state index is 6.16. The third kappa shape index (κ3) is 3.94. The average molecular weight is 420 g/mol. The Labute approximate surface area is 177 Å². The Bertz CT molecular complexity index is 868. The monoisotopic (exact) mass is 419 g/mol. The maximum atomic E-state index is 6.16. The van der Waals surface area contributed by atoms with Crippen molar-refractivity contribution in [2.24, 2.45) is 0 Å². The van der Waals surface area contributed by atoms with Gasteiger partial charge in [0.15, 0.2) is 0 Å². The van der Waals surface area contributed by atoms with E-state index in [1.54, 1.807) is 6.07 Å². The van der Waals surface area contributed by atoms with E-state index in [1.165, 1.54) is 45.2 Å². The Hall–Kier alpha value is -1.86. The normalized spacial score (nSPS) is 19.9. The number of hydrogen-bond acceptors (Lipinski definition) is 7. The number of hydrogen-bond donors (Lipinski definition) is 0. The van der Waals surface area contributed by atoms with Gasteiger partial charge in [0.1, 0.15) is 29.6 Å². The first-order chi connectivity index (χ1) is 14.1. The molecule has 5 rings (SSSR count). The number of aromatic nitrogens is 3. The molecule has 158 valence electrons. The summed E-state index contributed by atoms with van der Waals surface area (Å²) in [7, 11) is 1.99. The van der Waals surface area contributed by atoms with Gasteiger partial charge in [0.05, 0.1) is 17.6 Å². The summed E-state index contributed by atoms with van der Waals surface area (Å²) < 4.78 is 11.9. The van der Waals surface area contributed by atoms with Gasteiger partial charge in [0.2, 0.25) is 5.88 Å². The topological polar surface area (TPSA) is 63.6 Å². The van der Waals surface area contributed by atoms with Crippen LogP contribution < -0.4 is 14.4 Å². The Morgan fingerprint density at radius 1 is 1.14 bits per heavy atom. The fourth-order valence-corrected chi connectivity index (χ4v) is 4.72. The summed E-state index contributed by atoms with van der Waals surface area (Å²) in [5.74, 6) is 1.28. The number of likely N-dealkylation sites (N-methyl/N-ethyl adjacent to an activating group) is 1. The predicted molar refractivity (Wildman–Crippen MR) is 115 cm³/mol. The molecule has 0 amide bonds. The number of anilines is 1. The van der Waals surface area contributed by atoms with Crippen molar-refractivity contribution < 1.29 is 9.47 Å². The van der Waals surface area contributed by atoms with E-state index in [4.69, 9.17) is 21.1 Å². The Balaban J connectivity index is 0.000000645. The van der Waals surface area contributed by atoms with Gasteiger partial charge >= 0.3 is 6.01 Å². The summed E-state index contributed by atoms with van der Waals surface area (Å²) >= 11 is 6.16. The zero-order valence-electron chi connectivity index (χ0n) is 17.6. The summed E-state index contributed by atoms with van der Waals surface area (Å²) in [5, 5.41) is 1.16. The van der Waals surface area contributed by atoms with Crippen LogP contribution in [0.3, 0.4) is 0 Å². The second kappa shape index (κ2) is 8.48. The van der Waals surface area contributed by atoms with Gasteiger partial charge < -0.3 is 14.4 Å². The molecule has 0 spiro atoms. The van der Waals surface area contributed by atoms with E-state index in [1.807, 2.05) is 7.05 Å². The molecule has 3 aliphatic heterocycles. The summed E-state index contributed by atoms with van der Waals surface area (Å²) in [4.78, 5) is 18.2. The van der Waals surface area contributed by atoms with Crippen molar-refractivity contribution in [1.82, 2.24) is 19.9 Å². The number of fused-ring (bicyclic) bond motifs is 1. The van der Waals surface area contributed by atoms with Crippen molar-refractivity contribution in [1.29, 1.82) is 0 Å². The van der Waals surface area contributed by atoms with Crippen molar-refractivity contribution in [3.8, 4) is 11.9 Å². The van der Waals surface area contributed by atoms with Crippen molar-refractivity contribution in [3.05, 3.63) is 11.2 Å². The first-order valence-electron chi connectivity index (χ1n) is 10.7. The Kier molecular flexibility index (Phi) is 5.97. The highest BCUT2D eigenvalue weighted by atomic mass is 35.5. The Morgan fingerprint density at radius 3 is 2.59 bits per heavy atom. The number of ether oxygens (including phenoxy) is 2. The third-order valence-corrected chi connectivity index (χ3v) is 6.08. The highest BCUT2D eigenvalue weighted by Gasteiger charge is 2.45. The third-order valence-electron chi connectivity index (χ3n) is 5.88. The average Bonchev–Trinajstić information content (AvgIpc) is 3.21. The van der Waals surface area contributed by atoms with Gasteiger partial charge in [-0.2, -0.15) is 9.97 Å². The van der Waals surface area contributed by atoms with Crippen LogP contribution in [0, 0.1) is 0 Å². The molecular weight excluding hydrogens is 390 g/mol. The van der Waals surface area contributed by atoms with Crippen LogP contribution in [-0.2, 0) is 0 Å². The second-order valence-electron chi connectivity index (χ2n) is 8.16. The fraction of sp³-hybridized carbons (Fsp3) is 0.667. The van der Waals surface area contributed by atoms with Crippen LogP contribution in [0.25, 0.3) is 10.9 Å². The Morgan fingerprint density at radius 2 is 1.86 bits per heavy atom. The second-order valence-corrected chi connectivity index (χ2v) is 8.55. The number of halogens is 1. The zero-order valence-corrected chi connectivity index (χ0v) is 18.3. The molecule has 0 radical (unpaired) electrons. The molecule has 29 heavy (non-hydrogen) atoms. The molecular formula is C21H30ClN5O2. The van der Waals surface area contributed by atoms with E-state index < -0.39 is 0 Å². The fourth-order valence-electron chi connectivity index (χ4n) is 4.54. The van der Waals surface area contributed by atoms with Crippen LogP contribution in [0.5, 0.6) is 11.9 Å². The lowest BCUT2D eigenvalue weighted by atomic mass is 9.95. The van der Waals surface area contributed by atoms with Crippen LogP contribution in [0.15, 0.2) is 6.07 Å². The molecule has 7 nitrogen and oxygen atoms in total. The van der Waals surface area contributed by atoms with Gasteiger partial charge in [-0.1, -0.05) is 31.9 Å². The van der Waals surface area contributed by atoms with Gasteiger partial charge in [0.25, 0.3) is 0 Å². The van der Waals surface area contributed by atoms with E-state index >= 15 is 0 Å². The molecule has 0 saturated carbocycles. The van der Waals surface area contributed by atoms with Crippen LogP contribution in [0.4, 0.5) is 5.82 Å². The lowest BCUT2D eigenvalue weighted by Gasteiger charge is -2.31. The smallest absolute Gasteiger partial charge is 0.319 e. The molecule has 8 heteroatoms. The summed E-state index contributed by atoms with van der Waals surface area (Å²) in [6, 6.07) is 2.15. The van der Waals surface area contributed by atoms with Crippen LogP contribution in [0.1, 0.15) is 46.0 Å². The van der Waals surface area contributed by atoms with E-state index in [9.17, 15) is 0 Å². The highest BCUT2D eigenvalue weighted by Crippen LogP contribution is 2.40. The first kappa shape index (κ1) is 20.4. The maximum Gasteiger partial charge on any atom is 0.319 e. The molecule has 3 aliphatic rings. The molecule has 2 aromatic heterocycles. The van der Waals surface area contributed by atoms with E-state index in [-0.39, 0.29) is 5.54 Å². The molecule has 0 N–H and O–H groups in total. The van der Waals surface area contributed by atoms with Gasteiger partial charge in [0, 0.05) is 13.1 Å². The summed E-state index contributed by atoms with van der Waals surface area (Å²) in [5.41, 5.74) is 0.878. The van der Waals surface area contributed by atoms with E-state index in [0.717, 1.165) is 17.7 Å². The van der Waals surface area contributed by atoms with Gasteiger partial charge in [-0.3, -0.25) is 4.90 Å². The molecule has 0 aliphatic carbocycles. The minimum atomic E-state index is 0.169. The SMILES string of the molecule is CCC.CN1CCOc2nc(Cl)cc3nc(OCC45CCCN4CCC5)nc1c23. The van der Waals surface area contributed by atoms with Crippen molar-refractivity contribution in [2.45, 2.75) is 51.5 Å².